The maximum Gasteiger partial charge on any atom is 0.0932 e. The number of aromatic nitrogens is 5. The van der Waals surface area contributed by atoms with Gasteiger partial charge >= 0.3 is 0 Å². The first-order valence-corrected chi connectivity index (χ1v) is 5.83. The molecule has 0 radical (unpaired) electrons. The van der Waals surface area contributed by atoms with Crippen LogP contribution in [0, 0.1) is 0 Å². The van der Waals surface area contributed by atoms with E-state index in [9.17, 15) is 0 Å². The third-order valence-corrected chi connectivity index (χ3v) is 2.82. The van der Waals surface area contributed by atoms with Crippen LogP contribution in [-0.2, 0) is 25.3 Å². The average Bonchev–Trinajstić information content (AvgIpc) is 2.84. The Morgan fingerprint density at radius 1 is 1.47 bits per heavy atom. The molecule has 6 heteroatoms. The van der Waals surface area contributed by atoms with E-state index >= 15 is 0 Å². The number of aryl methyl sites for hydroxylation is 3. The van der Waals surface area contributed by atoms with Crippen molar-refractivity contribution in [1.29, 1.82) is 0 Å². The molecule has 2 rings (SSSR count). The van der Waals surface area contributed by atoms with Crippen LogP contribution >= 0.6 is 15.9 Å². The van der Waals surface area contributed by atoms with Gasteiger partial charge in [-0.2, -0.15) is 5.10 Å². The van der Waals surface area contributed by atoms with Crippen LogP contribution in [-0.4, -0.2) is 24.8 Å². The molecule has 0 aliphatic carbocycles. The molecule has 0 saturated heterocycles. The van der Waals surface area contributed by atoms with Crippen LogP contribution < -0.4 is 0 Å². The first kappa shape index (κ1) is 10.4. The monoisotopic (exact) mass is 269 g/mol. The van der Waals surface area contributed by atoms with Crippen LogP contribution in [0.25, 0.3) is 0 Å². The molecule has 5 nitrogen and oxygen atoms in total. The van der Waals surface area contributed by atoms with Crippen molar-refractivity contribution in [1.82, 2.24) is 24.8 Å². The van der Waals surface area contributed by atoms with E-state index in [1.165, 1.54) is 5.69 Å². The Balaban J connectivity index is 1.96. The second kappa shape index (κ2) is 4.57. The standard InChI is InChI=1S/C9H12BrN5/c1-14-9(2-4-11-14)3-5-15-7-8(6-10)12-13-15/h2,4,7H,3,5-6H2,1H3. The lowest BCUT2D eigenvalue weighted by Crippen LogP contribution is -2.05. The van der Waals surface area contributed by atoms with Gasteiger partial charge in [0.25, 0.3) is 0 Å². The summed E-state index contributed by atoms with van der Waals surface area (Å²) in [5.74, 6) is 0. The minimum atomic E-state index is 0.749. The van der Waals surface area contributed by atoms with E-state index in [4.69, 9.17) is 0 Å². The zero-order chi connectivity index (χ0) is 10.7. The fourth-order valence-corrected chi connectivity index (χ4v) is 1.64. The van der Waals surface area contributed by atoms with Gasteiger partial charge in [-0.15, -0.1) is 5.10 Å². The number of halogens is 1. The molecule has 0 amide bonds. The van der Waals surface area contributed by atoms with Crippen LogP contribution in [0.4, 0.5) is 0 Å². The van der Waals surface area contributed by atoms with Gasteiger partial charge in [0.05, 0.1) is 5.69 Å². The van der Waals surface area contributed by atoms with Gasteiger partial charge in [-0.3, -0.25) is 9.36 Å². The molecule has 0 aromatic carbocycles. The van der Waals surface area contributed by atoms with Crippen molar-refractivity contribution >= 4 is 15.9 Å². The van der Waals surface area contributed by atoms with E-state index in [0.29, 0.717) is 0 Å². The first-order chi connectivity index (χ1) is 7.29. The minimum absolute atomic E-state index is 0.749. The van der Waals surface area contributed by atoms with Crippen molar-refractivity contribution in [3.05, 3.63) is 29.8 Å². The van der Waals surface area contributed by atoms with Crippen LogP contribution in [0.3, 0.4) is 0 Å². The molecule has 2 aromatic heterocycles. The fourth-order valence-electron chi connectivity index (χ4n) is 1.38. The highest BCUT2D eigenvalue weighted by molar-refractivity contribution is 9.08. The van der Waals surface area contributed by atoms with Gasteiger partial charge < -0.3 is 0 Å². The third kappa shape index (κ3) is 2.44. The SMILES string of the molecule is Cn1nccc1CCn1cc(CBr)nn1. The summed E-state index contributed by atoms with van der Waals surface area (Å²) in [6.45, 7) is 0.833. The van der Waals surface area contributed by atoms with Crippen molar-refractivity contribution in [3.8, 4) is 0 Å². The quantitative estimate of drug-likeness (QED) is 0.783. The predicted octanol–water partition coefficient (Wildman–Crippen LogP) is 1.15. The lowest BCUT2D eigenvalue weighted by molar-refractivity contribution is 0.567. The van der Waals surface area contributed by atoms with Crippen molar-refractivity contribution in [2.45, 2.75) is 18.3 Å². The Hall–Kier alpha value is -1.17. The Kier molecular flexibility index (Phi) is 3.15. The second-order valence-corrected chi connectivity index (χ2v) is 3.86. The summed E-state index contributed by atoms with van der Waals surface area (Å²) < 4.78 is 3.73. The van der Waals surface area contributed by atoms with Crippen molar-refractivity contribution in [3.63, 3.8) is 0 Å². The van der Waals surface area contributed by atoms with Gasteiger partial charge in [0.2, 0.25) is 0 Å². The van der Waals surface area contributed by atoms with Crippen LogP contribution in [0.5, 0.6) is 0 Å². The summed E-state index contributed by atoms with van der Waals surface area (Å²) in [5, 5.41) is 12.9. The molecular weight excluding hydrogens is 258 g/mol. The van der Waals surface area contributed by atoms with Crippen molar-refractivity contribution in [2.24, 2.45) is 7.05 Å². The molecule has 0 fully saturated rings. The Bertz CT molecular complexity index is 433. The van der Waals surface area contributed by atoms with Gasteiger partial charge in [-0.25, -0.2) is 0 Å². The topological polar surface area (TPSA) is 48.5 Å². The summed E-state index contributed by atoms with van der Waals surface area (Å²) >= 11 is 3.34. The van der Waals surface area contributed by atoms with E-state index in [1.54, 1.807) is 6.20 Å². The van der Waals surface area contributed by atoms with E-state index in [2.05, 4.69) is 31.3 Å². The molecule has 0 N–H and O–H groups in total. The molecule has 2 heterocycles. The molecule has 0 unspecified atom stereocenters. The maximum absolute atomic E-state index is 4.11. The summed E-state index contributed by atoms with van der Waals surface area (Å²) in [4.78, 5) is 0. The molecule has 80 valence electrons. The second-order valence-electron chi connectivity index (χ2n) is 3.30. The number of hydrogen-bond donors (Lipinski definition) is 0. The first-order valence-electron chi connectivity index (χ1n) is 4.71. The van der Waals surface area contributed by atoms with E-state index < -0.39 is 0 Å². The van der Waals surface area contributed by atoms with E-state index in [0.717, 1.165) is 24.0 Å². The van der Waals surface area contributed by atoms with Gasteiger partial charge in [-0.05, 0) is 6.07 Å². The molecule has 2 aromatic rings. The summed E-state index contributed by atoms with van der Waals surface area (Å²) in [5.41, 5.74) is 2.16. The minimum Gasteiger partial charge on any atom is -0.273 e. The van der Waals surface area contributed by atoms with Crippen LogP contribution in [0.1, 0.15) is 11.4 Å². The Morgan fingerprint density at radius 2 is 2.33 bits per heavy atom. The molecule has 0 spiro atoms. The highest BCUT2D eigenvalue weighted by atomic mass is 79.9. The lowest BCUT2D eigenvalue weighted by Gasteiger charge is -2.01. The van der Waals surface area contributed by atoms with Crippen LogP contribution in [0.15, 0.2) is 18.5 Å². The van der Waals surface area contributed by atoms with E-state index in [1.807, 2.05) is 28.7 Å². The summed E-state index contributed by atoms with van der Waals surface area (Å²) in [6.07, 6.45) is 4.67. The number of rotatable bonds is 4. The molecule has 0 aliphatic rings. The average molecular weight is 270 g/mol. The van der Waals surface area contributed by atoms with Crippen molar-refractivity contribution < 1.29 is 0 Å². The predicted molar refractivity (Wildman–Crippen MR) is 59.6 cm³/mol. The lowest BCUT2D eigenvalue weighted by atomic mass is 10.3. The Labute approximate surface area is 96.2 Å². The largest absolute Gasteiger partial charge is 0.273 e. The number of nitrogens with zero attached hydrogens (tertiary/aromatic N) is 5. The third-order valence-electron chi connectivity index (χ3n) is 2.24. The molecule has 0 saturated carbocycles. The molecule has 15 heavy (non-hydrogen) atoms. The normalized spacial score (nSPS) is 10.8. The molecule has 0 atom stereocenters. The summed E-state index contributed by atoms with van der Waals surface area (Å²) in [6, 6.07) is 2.02. The summed E-state index contributed by atoms with van der Waals surface area (Å²) in [7, 11) is 1.95. The highest BCUT2D eigenvalue weighted by Gasteiger charge is 2.01. The Morgan fingerprint density at radius 3 is 2.93 bits per heavy atom. The number of hydrogen-bond acceptors (Lipinski definition) is 3. The zero-order valence-electron chi connectivity index (χ0n) is 8.47. The zero-order valence-corrected chi connectivity index (χ0v) is 10.1. The van der Waals surface area contributed by atoms with Crippen LogP contribution in [0.2, 0.25) is 0 Å². The molecule has 0 aliphatic heterocycles. The maximum atomic E-state index is 4.11. The van der Waals surface area contributed by atoms with Gasteiger partial charge in [0, 0.05) is 43.4 Å². The number of alkyl halides is 1. The van der Waals surface area contributed by atoms with Gasteiger partial charge in [0.1, 0.15) is 0 Å². The molecular formula is C9H12BrN5. The highest BCUT2D eigenvalue weighted by Crippen LogP contribution is 2.02. The fraction of sp³-hybridized carbons (Fsp3) is 0.444. The van der Waals surface area contributed by atoms with Gasteiger partial charge in [-0.1, -0.05) is 21.1 Å². The van der Waals surface area contributed by atoms with Gasteiger partial charge in [0.15, 0.2) is 0 Å². The molecule has 0 bridgehead atoms. The van der Waals surface area contributed by atoms with Crippen molar-refractivity contribution in [2.75, 3.05) is 0 Å². The smallest absolute Gasteiger partial charge is 0.0932 e. The van der Waals surface area contributed by atoms with E-state index in [-0.39, 0.29) is 0 Å².